The monoisotopic (exact) mass is 235 g/mol. The number of hydrogen-bond acceptors (Lipinski definition) is 3. The number of likely N-dealkylation sites (N-methyl/N-ethyl adjacent to an activating group) is 1. The Kier molecular flexibility index (Phi) is 3.57. The highest BCUT2D eigenvalue weighted by Gasteiger charge is 2.22. The first kappa shape index (κ1) is 12.2. The Bertz CT molecular complexity index is 403. The molecular formula is C14H21NO2. The minimum Gasteiger partial charge on any atom is -0.504 e. The lowest BCUT2D eigenvalue weighted by Crippen LogP contribution is -2.36. The van der Waals surface area contributed by atoms with Crippen LogP contribution < -0.4 is 0 Å². The van der Waals surface area contributed by atoms with Crippen LogP contribution >= 0.6 is 0 Å². The van der Waals surface area contributed by atoms with Crippen LogP contribution in [0.4, 0.5) is 0 Å². The lowest BCUT2D eigenvalue weighted by atomic mass is 9.87. The van der Waals surface area contributed by atoms with Gasteiger partial charge in [0.15, 0.2) is 11.5 Å². The molecule has 2 N–H and O–H groups in total. The summed E-state index contributed by atoms with van der Waals surface area (Å²) in [7, 11) is 2.17. The molecule has 3 heteroatoms. The lowest BCUT2D eigenvalue weighted by molar-refractivity contribution is 0.222. The van der Waals surface area contributed by atoms with Crippen LogP contribution in [0.3, 0.4) is 0 Å². The number of phenolic OH excluding ortho intramolecular Hbond substituents is 2. The minimum atomic E-state index is 0.00236. The molecule has 0 radical (unpaired) electrons. The van der Waals surface area contributed by atoms with Gasteiger partial charge < -0.3 is 15.1 Å². The van der Waals surface area contributed by atoms with Crippen LogP contribution in [0.15, 0.2) is 12.1 Å². The molecule has 0 aromatic heterocycles. The van der Waals surface area contributed by atoms with E-state index in [4.69, 9.17) is 0 Å². The molecule has 0 saturated carbocycles. The number of aryl methyl sites for hydroxylation is 1. The summed E-state index contributed by atoms with van der Waals surface area (Å²) in [5, 5.41) is 19.0. The molecule has 0 saturated heterocycles. The first-order chi connectivity index (χ1) is 8.11. The molecule has 1 atom stereocenters. The van der Waals surface area contributed by atoms with E-state index in [1.165, 1.54) is 17.5 Å². The van der Waals surface area contributed by atoms with E-state index < -0.39 is 0 Å². The smallest absolute Gasteiger partial charge is 0.157 e. The second kappa shape index (κ2) is 4.96. The van der Waals surface area contributed by atoms with Gasteiger partial charge in [0.05, 0.1) is 0 Å². The minimum absolute atomic E-state index is 0.00236. The van der Waals surface area contributed by atoms with Gasteiger partial charge in [-0.25, -0.2) is 0 Å². The largest absolute Gasteiger partial charge is 0.504 e. The van der Waals surface area contributed by atoms with Crippen LogP contribution in [0.1, 0.15) is 30.9 Å². The predicted molar refractivity (Wildman–Crippen MR) is 68.5 cm³/mol. The third kappa shape index (κ3) is 2.55. The molecule has 1 aliphatic carbocycles. The van der Waals surface area contributed by atoms with Crippen LogP contribution in [0, 0.1) is 0 Å². The van der Waals surface area contributed by atoms with E-state index in [2.05, 4.69) is 18.9 Å². The fourth-order valence-electron chi connectivity index (χ4n) is 2.68. The van der Waals surface area contributed by atoms with Gasteiger partial charge in [0.2, 0.25) is 0 Å². The van der Waals surface area contributed by atoms with Gasteiger partial charge in [0, 0.05) is 6.04 Å². The highest BCUT2D eigenvalue weighted by molar-refractivity contribution is 5.46. The zero-order valence-corrected chi connectivity index (χ0v) is 10.6. The van der Waals surface area contributed by atoms with Crippen LogP contribution in [0.5, 0.6) is 11.5 Å². The number of hydrogen-bond donors (Lipinski definition) is 2. The van der Waals surface area contributed by atoms with Crippen molar-refractivity contribution in [1.29, 1.82) is 0 Å². The van der Waals surface area contributed by atoms with Gasteiger partial charge in [-0.1, -0.05) is 6.92 Å². The molecule has 0 amide bonds. The maximum atomic E-state index is 9.54. The molecule has 1 aromatic rings. The van der Waals surface area contributed by atoms with E-state index in [1.807, 2.05) is 0 Å². The lowest BCUT2D eigenvalue weighted by Gasteiger charge is -2.32. The first-order valence-corrected chi connectivity index (χ1v) is 6.35. The average Bonchev–Trinajstić information content (AvgIpc) is 2.30. The fourth-order valence-corrected chi connectivity index (χ4v) is 2.68. The maximum Gasteiger partial charge on any atom is 0.157 e. The molecule has 1 aliphatic rings. The van der Waals surface area contributed by atoms with E-state index >= 15 is 0 Å². The highest BCUT2D eigenvalue weighted by atomic mass is 16.3. The fraction of sp³-hybridized carbons (Fsp3) is 0.571. The van der Waals surface area contributed by atoms with E-state index in [0.29, 0.717) is 6.04 Å². The SMILES string of the molecule is CCCN(C)[C@H]1CCc2cc(O)c(O)cc2C1. The summed E-state index contributed by atoms with van der Waals surface area (Å²) in [6.07, 6.45) is 4.26. The van der Waals surface area contributed by atoms with E-state index in [1.54, 1.807) is 12.1 Å². The number of rotatable bonds is 3. The Morgan fingerprint density at radius 1 is 1.24 bits per heavy atom. The maximum absolute atomic E-state index is 9.54. The number of fused-ring (bicyclic) bond motifs is 1. The van der Waals surface area contributed by atoms with Gasteiger partial charge in [-0.15, -0.1) is 0 Å². The zero-order chi connectivity index (χ0) is 12.4. The molecule has 1 aromatic carbocycles. The summed E-state index contributed by atoms with van der Waals surface area (Å²) >= 11 is 0. The van der Waals surface area contributed by atoms with Gasteiger partial charge in [-0.2, -0.15) is 0 Å². The van der Waals surface area contributed by atoms with E-state index in [0.717, 1.165) is 25.8 Å². The molecular weight excluding hydrogens is 214 g/mol. The van der Waals surface area contributed by atoms with Crippen molar-refractivity contribution in [2.75, 3.05) is 13.6 Å². The van der Waals surface area contributed by atoms with Crippen molar-refractivity contribution >= 4 is 0 Å². The Balaban J connectivity index is 2.15. The second-order valence-corrected chi connectivity index (χ2v) is 4.99. The van der Waals surface area contributed by atoms with Crippen molar-refractivity contribution in [3.05, 3.63) is 23.3 Å². The average molecular weight is 235 g/mol. The molecule has 0 spiro atoms. The van der Waals surface area contributed by atoms with Gasteiger partial charge >= 0.3 is 0 Å². The van der Waals surface area contributed by atoms with E-state index in [9.17, 15) is 10.2 Å². The Morgan fingerprint density at radius 2 is 1.88 bits per heavy atom. The van der Waals surface area contributed by atoms with Crippen molar-refractivity contribution in [3.63, 3.8) is 0 Å². The highest BCUT2D eigenvalue weighted by Crippen LogP contribution is 2.33. The molecule has 94 valence electrons. The van der Waals surface area contributed by atoms with Gasteiger partial charge in [0.1, 0.15) is 0 Å². The molecule has 0 unspecified atom stereocenters. The summed E-state index contributed by atoms with van der Waals surface area (Å²) in [5.41, 5.74) is 2.36. The van der Waals surface area contributed by atoms with Crippen LogP contribution in [-0.4, -0.2) is 34.7 Å². The third-order valence-corrected chi connectivity index (χ3v) is 3.70. The van der Waals surface area contributed by atoms with Crippen molar-refractivity contribution < 1.29 is 10.2 Å². The molecule has 0 heterocycles. The molecule has 0 aliphatic heterocycles. The Labute approximate surface area is 103 Å². The second-order valence-electron chi connectivity index (χ2n) is 4.99. The number of aromatic hydroxyl groups is 2. The van der Waals surface area contributed by atoms with Crippen LogP contribution in [0.2, 0.25) is 0 Å². The van der Waals surface area contributed by atoms with Crippen molar-refractivity contribution in [3.8, 4) is 11.5 Å². The summed E-state index contributed by atoms with van der Waals surface area (Å²) in [6, 6.07) is 3.99. The Hall–Kier alpha value is -1.22. The van der Waals surface area contributed by atoms with Gasteiger partial charge in [-0.3, -0.25) is 0 Å². The number of nitrogens with zero attached hydrogens (tertiary/aromatic N) is 1. The number of phenols is 2. The first-order valence-electron chi connectivity index (χ1n) is 6.35. The van der Waals surface area contributed by atoms with Gasteiger partial charge in [-0.05, 0) is 62.5 Å². The standard InChI is InChI=1S/C14H21NO2/c1-3-6-15(2)12-5-4-10-8-13(16)14(17)9-11(10)7-12/h8-9,12,16-17H,3-7H2,1-2H3/t12-/m0/s1. The third-order valence-electron chi connectivity index (χ3n) is 3.70. The van der Waals surface area contributed by atoms with Crippen molar-refractivity contribution in [2.24, 2.45) is 0 Å². The summed E-state index contributed by atoms with van der Waals surface area (Å²) in [6.45, 7) is 3.31. The normalized spacial score (nSPS) is 19.4. The zero-order valence-electron chi connectivity index (χ0n) is 10.6. The van der Waals surface area contributed by atoms with Crippen LogP contribution in [0.25, 0.3) is 0 Å². The Morgan fingerprint density at radius 3 is 2.53 bits per heavy atom. The van der Waals surface area contributed by atoms with Gasteiger partial charge in [0.25, 0.3) is 0 Å². The predicted octanol–water partition coefficient (Wildman–Crippen LogP) is 2.30. The molecule has 3 nitrogen and oxygen atoms in total. The summed E-state index contributed by atoms with van der Waals surface area (Å²) in [4.78, 5) is 2.40. The number of benzene rings is 1. The van der Waals surface area contributed by atoms with Crippen molar-refractivity contribution in [1.82, 2.24) is 4.90 Å². The van der Waals surface area contributed by atoms with E-state index in [-0.39, 0.29) is 11.5 Å². The summed E-state index contributed by atoms with van der Waals surface area (Å²) in [5.74, 6) is 0.00616. The topological polar surface area (TPSA) is 43.7 Å². The molecule has 0 bridgehead atoms. The van der Waals surface area contributed by atoms with Crippen molar-refractivity contribution in [2.45, 2.75) is 38.6 Å². The summed E-state index contributed by atoms with van der Waals surface area (Å²) < 4.78 is 0. The quantitative estimate of drug-likeness (QED) is 0.790. The molecule has 17 heavy (non-hydrogen) atoms. The molecule has 0 fully saturated rings. The molecule has 2 rings (SSSR count). The van der Waals surface area contributed by atoms with Crippen LogP contribution in [-0.2, 0) is 12.8 Å².